The van der Waals surface area contributed by atoms with E-state index in [-0.39, 0.29) is 12.3 Å². The van der Waals surface area contributed by atoms with Gasteiger partial charge < -0.3 is 19.4 Å². The maximum atomic E-state index is 13.3. The fourth-order valence-electron chi connectivity index (χ4n) is 3.92. The molecule has 4 aromatic rings. The smallest absolute Gasteiger partial charge is 0.237 e. The summed E-state index contributed by atoms with van der Waals surface area (Å²) in [5, 5.41) is 3.60. The van der Waals surface area contributed by atoms with Gasteiger partial charge in [0.25, 0.3) is 0 Å². The number of nitrogens with zero attached hydrogens (tertiary/aromatic N) is 5. The topological polar surface area (TPSA) is 95.6 Å². The number of methoxy groups -OCH3 is 1. The summed E-state index contributed by atoms with van der Waals surface area (Å²) in [6.07, 6.45) is 6.59. The van der Waals surface area contributed by atoms with Crippen LogP contribution in [0.2, 0.25) is 25.7 Å². The molecule has 1 aliphatic carbocycles. The van der Waals surface area contributed by atoms with Crippen molar-refractivity contribution < 1.29 is 18.7 Å². The lowest BCUT2D eigenvalue weighted by Gasteiger charge is -2.15. The molecule has 0 unspecified atom stereocenters. The predicted octanol–water partition coefficient (Wildman–Crippen LogP) is 4.36. The second-order valence-electron chi connectivity index (χ2n) is 10.1. The Labute approximate surface area is 203 Å². The zero-order valence-electron chi connectivity index (χ0n) is 20.3. The third-order valence-electron chi connectivity index (χ3n) is 6.08. The van der Waals surface area contributed by atoms with Crippen LogP contribution in [-0.4, -0.2) is 57.8 Å². The first-order chi connectivity index (χ1) is 16.7. The number of aromatic nitrogens is 5. The molecule has 1 saturated carbocycles. The number of hydrogen-bond acceptors (Lipinski definition) is 6. The van der Waals surface area contributed by atoms with Gasteiger partial charge in [0.1, 0.15) is 24.4 Å². The minimum absolute atomic E-state index is 0.267. The minimum Gasteiger partial charge on any atom is -0.480 e. The maximum Gasteiger partial charge on any atom is 0.237 e. The van der Waals surface area contributed by atoms with E-state index in [1.54, 1.807) is 19.4 Å². The van der Waals surface area contributed by atoms with Crippen molar-refractivity contribution in [2.75, 3.05) is 19.0 Å². The lowest BCUT2D eigenvalue weighted by atomic mass is 10.1. The fourth-order valence-corrected chi connectivity index (χ4v) is 4.68. The predicted molar refractivity (Wildman–Crippen MR) is 134 cm³/mol. The number of hydrogen-bond donors (Lipinski definition) is 1. The molecule has 35 heavy (non-hydrogen) atoms. The van der Waals surface area contributed by atoms with Gasteiger partial charge in [-0.25, -0.2) is 14.4 Å². The summed E-state index contributed by atoms with van der Waals surface area (Å²) in [4.78, 5) is 25.7. The standard InChI is InChI=1S/C24H29FN6O3Si/c1-33-23-18(13-30-8-7-26-24(30)29-23)17-12-31(14-34-9-10-35(2,3)4)21-15(17)5-6-20(27-21)28-22(32)16-11-19(16)25/h5-8,12-13,16,19H,9-11,14H2,1-4H3,(H,27,28,32)/t16-,19+/m1/s1. The average Bonchev–Trinajstić information content (AvgIpc) is 3.22. The highest BCUT2D eigenvalue weighted by Gasteiger charge is 2.43. The number of anilines is 1. The van der Waals surface area contributed by atoms with Crippen molar-refractivity contribution in [3.63, 3.8) is 0 Å². The minimum atomic E-state index is -1.23. The Balaban J connectivity index is 1.53. The molecule has 0 aromatic carbocycles. The van der Waals surface area contributed by atoms with Gasteiger partial charge in [-0.05, 0) is 24.6 Å². The molecule has 4 heterocycles. The van der Waals surface area contributed by atoms with Crippen molar-refractivity contribution in [3.05, 3.63) is 36.9 Å². The molecule has 1 fully saturated rings. The second kappa shape index (κ2) is 9.04. The number of ether oxygens (including phenoxy) is 2. The zero-order chi connectivity index (χ0) is 24.7. The third kappa shape index (κ3) is 4.91. The molecule has 1 aliphatic rings. The van der Waals surface area contributed by atoms with Gasteiger partial charge in [0.2, 0.25) is 17.6 Å². The van der Waals surface area contributed by atoms with Gasteiger partial charge in [0.15, 0.2) is 0 Å². The summed E-state index contributed by atoms with van der Waals surface area (Å²) < 4.78 is 28.7. The number of alkyl halides is 1. The van der Waals surface area contributed by atoms with Crippen molar-refractivity contribution in [1.29, 1.82) is 0 Å². The molecule has 184 valence electrons. The third-order valence-corrected chi connectivity index (χ3v) is 7.79. The van der Waals surface area contributed by atoms with Crippen molar-refractivity contribution in [2.24, 2.45) is 5.92 Å². The van der Waals surface area contributed by atoms with E-state index in [2.05, 4.69) is 39.9 Å². The summed E-state index contributed by atoms with van der Waals surface area (Å²) >= 11 is 0. The van der Waals surface area contributed by atoms with Crippen LogP contribution in [-0.2, 0) is 16.3 Å². The van der Waals surface area contributed by atoms with Gasteiger partial charge in [-0.2, -0.15) is 4.98 Å². The number of fused-ring (bicyclic) bond motifs is 2. The van der Waals surface area contributed by atoms with Crippen LogP contribution in [0.25, 0.3) is 27.9 Å². The number of carbonyl (C=O) groups is 1. The Morgan fingerprint density at radius 2 is 2.03 bits per heavy atom. The molecule has 5 rings (SSSR count). The summed E-state index contributed by atoms with van der Waals surface area (Å²) in [6, 6.07) is 4.67. The summed E-state index contributed by atoms with van der Waals surface area (Å²) in [5.41, 5.74) is 2.29. The van der Waals surface area contributed by atoms with Gasteiger partial charge in [-0.1, -0.05) is 19.6 Å². The summed E-state index contributed by atoms with van der Waals surface area (Å²) in [7, 11) is 0.348. The highest BCUT2D eigenvalue weighted by molar-refractivity contribution is 6.76. The Morgan fingerprint density at radius 3 is 2.74 bits per heavy atom. The molecule has 0 saturated heterocycles. The molecule has 9 nitrogen and oxygen atoms in total. The lowest BCUT2D eigenvalue weighted by Crippen LogP contribution is -2.22. The Hall–Kier alpha value is -3.31. The van der Waals surface area contributed by atoms with E-state index in [1.807, 2.05) is 33.6 Å². The van der Waals surface area contributed by atoms with Crippen LogP contribution >= 0.6 is 0 Å². The number of rotatable bonds is 9. The van der Waals surface area contributed by atoms with Gasteiger partial charge in [-0.15, -0.1) is 0 Å². The van der Waals surface area contributed by atoms with Crippen molar-refractivity contribution >= 4 is 36.6 Å². The molecule has 1 amide bonds. The molecule has 0 aliphatic heterocycles. The SMILES string of the molecule is COc1nc2nccn2cc1-c1cn(COCC[Si](C)(C)C)c2nc(NC(=O)[C@@H]3C[C@@H]3F)ccc12. The van der Waals surface area contributed by atoms with Crippen LogP contribution < -0.4 is 10.1 Å². The van der Waals surface area contributed by atoms with Crippen molar-refractivity contribution in [2.45, 2.75) is 45.0 Å². The Kier molecular flexibility index (Phi) is 6.05. The van der Waals surface area contributed by atoms with E-state index in [0.717, 1.165) is 22.6 Å². The van der Waals surface area contributed by atoms with E-state index < -0.39 is 20.2 Å². The number of pyridine rings is 1. The first kappa shape index (κ1) is 23.4. The monoisotopic (exact) mass is 496 g/mol. The van der Waals surface area contributed by atoms with E-state index in [4.69, 9.17) is 9.47 Å². The van der Waals surface area contributed by atoms with Gasteiger partial charge in [-0.3, -0.25) is 9.20 Å². The van der Waals surface area contributed by atoms with Crippen LogP contribution in [0.4, 0.5) is 10.2 Å². The van der Waals surface area contributed by atoms with E-state index in [0.29, 0.717) is 36.5 Å². The molecule has 0 bridgehead atoms. The van der Waals surface area contributed by atoms with E-state index >= 15 is 0 Å². The number of carbonyl (C=O) groups excluding carboxylic acids is 1. The zero-order valence-corrected chi connectivity index (χ0v) is 21.3. The maximum absolute atomic E-state index is 13.3. The Morgan fingerprint density at radius 1 is 1.23 bits per heavy atom. The molecule has 2 atom stereocenters. The highest BCUT2D eigenvalue weighted by atomic mass is 28.3. The van der Waals surface area contributed by atoms with E-state index in [9.17, 15) is 9.18 Å². The van der Waals surface area contributed by atoms with Crippen LogP contribution in [0.1, 0.15) is 6.42 Å². The van der Waals surface area contributed by atoms with Crippen LogP contribution in [0.3, 0.4) is 0 Å². The molecule has 4 aromatic heterocycles. The summed E-state index contributed by atoms with van der Waals surface area (Å²) in [5.74, 6) is 0.438. The molecule has 0 radical (unpaired) electrons. The van der Waals surface area contributed by atoms with Crippen LogP contribution in [0, 0.1) is 5.92 Å². The first-order valence-electron chi connectivity index (χ1n) is 11.6. The molecule has 11 heteroatoms. The van der Waals surface area contributed by atoms with Gasteiger partial charge in [0.05, 0.1) is 18.6 Å². The summed E-state index contributed by atoms with van der Waals surface area (Å²) in [6.45, 7) is 7.90. The van der Waals surface area contributed by atoms with Crippen molar-refractivity contribution in [3.8, 4) is 17.0 Å². The van der Waals surface area contributed by atoms with Crippen LogP contribution in [0.15, 0.2) is 36.9 Å². The van der Waals surface area contributed by atoms with Crippen molar-refractivity contribution in [1.82, 2.24) is 23.9 Å². The molecule has 1 N–H and O–H groups in total. The number of amides is 1. The second-order valence-corrected chi connectivity index (χ2v) is 15.7. The van der Waals surface area contributed by atoms with Crippen LogP contribution in [0.5, 0.6) is 5.88 Å². The Bertz CT molecular complexity index is 1400. The number of imidazole rings is 1. The van der Waals surface area contributed by atoms with Gasteiger partial charge >= 0.3 is 0 Å². The number of nitrogens with one attached hydrogen (secondary N) is 1. The van der Waals surface area contributed by atoms with Gasteiger partial charge in [0, 0.05) is 50.4 Å². The first-order valence-corrected chi connectivity index (χ1v) is 15.3. The number of halogens is 1. The molecular weight excluding hydrogens is 467 g/mol. The molecule has 0 spiro atoms. The largest absolute Gasteiger partial charge is 0.480 e. The van der Waals surface area contributed by atoms with E-state index in [1.165, 1.54) is 0 Å². The lowest BCUT2D eigenvalue weighted by molar-refractivity contribution is -0.117. The quantitative estimate of drug-likeness (QED) is 0.273. The molecular formula is C24H29FN6O3Si. The average molecular weight is 497 g/mol. The fraction of sp³-hybridized carbons (Fsp3) is 0.417. The normalized spacial score (nSPS) is 17.7. The highest BCUT2D eigenvalue weighted by Crippen LogP contribution is 2.37.